The molecule has 100 valence electrons. The van der Waals surface area contributed by atoms with Crippen LogP contribution in [-0.4, -0.2) is 24.6 Å². The summed E-state index contributed by atoms with van der Waals surface area (Å²) in [6.07, 6.45) is 3.67. The van der Waals surface area contributed by atoms with E-state index < -0.39 is 0 Å². The quantitative estimate of drug-likeness (QED) is 0.856. The van der Waals surface area contributed by atoms with Crippen LogP contribution in [-0.2, 0) is 16.1 Å². The molecule has 0 fully saturated rings. The van der Waals surface area contributed by atoms with Crippen LogP contribution in [0.2, 0.25) is 5.02 Å². The predicted molar refractivity (Wildman–Crippen MR) is 75.3 cm³/mol. The first-order chi connectivity index (χ1) is 9.19. The second-order valence-electron chi connectivity index (χ2n) is 4.13. The summed E-state index contributed by atoms with van der Waals surface area (Å²) < 4.78 is 4.72. The zero-order valence-electron chi connectivity index (χ0n) is 10.6. The maximum Gasteiger partial charge on any atom is 0.325 e. The molecule has 0 spiro atoms. The highest BCUT2D eigenvalue weighted by Gasteiger charge is 2.12. The fourth-order valence-corrected chi connectivity index (χ4v) is 1.91. The third-order valence-corrected chi connectivity index (χ3v) is 3.03. The number of H-pyrrole nitrogens is 1. The molecule has 19 heavy (non-hydrogen) atoms. The van der Waals surface area contributed by atoms with Crippen molar-refractivity contribution >= 4 is 23.3 Å². The summed E-state index contributed by atoms with van der Waals surface area (Å²) in [6, 6.07) is 9.48. The molecular formula is C14H15ClN2O2. The van der Waals surface area contributed by atoms with Crippen LogP contribution in [0, 0.1) is 0 Å². The third kappa shape index (κ3) is 3.76. The molecule has 0 aliphatic carbocycles. The molecule has 0 radical (unpaired) electrons. The summed E-state index contributed by atoms with van der Waals surface area (Å²) in [4.78, 5) is 16.4. The highest BCUT2D eigenvalue weighted by atomic mass is 35.5. The van der Waals surface area contributed by atoms with Gasteiger partial charge in [0, 0.05) is 24.0 Å². The van der Waals surface area contributed by atoms with Crippen LogP contribution < -0.4 is 4.90 Å². The molecule has 0 saturated carbocycles. The first kappa shape index (κ1) is 13.5. The molecular weight excluding hydrogens is 264 g/mol. The highest BCUT2D eigenvalue weighted by molar-refractivity contribution is 6.30. The van der Waals surface area contributed by atoms with Gasteiger partial charge in [-0.3, -0.25) is 4.79 Å². The van der Waals surface area contributed by atoms with Crippen molar-refractivity contribution in [2.75, 3.05) is 18.6 Å². The van der Waals surface area contributed by atoms with Gasteiger partial charge < -0.3 is 14.6 Å². The van der Waals surface area contributed by atoms with E-state index in [9.17, 15) is 4.79 Å². The van der Waals surface area contributed by atoms with Gasteiger partial charge in [-0.15, -0.1) is 0 Å². The lowest BCUT2D eigenvalue weighted by Crippen LogP contribution is -2.29. The Bertz CT molecular complexity index is 523. The fourth-order valence-electron chi connectivity index (χ4n) is 1.78. The number of hydrogen-bond acceptors (Lipinski definition) is 3. The summed E-state index contributed by atoms with van der Waals surface area (Å²) in [6.45, 7) is 0.821. The number of rotatable bonds is 5. The Hall–Kier alpha value is -1.94. The second-order valence-corrected chi connectivity index (χ2v) is 4.56. The molecule has 0 atom stereocenters. The summed E-state index contributed by atoms with van der Waals surface area (Å²) >= 11 is 5.86. The smallest absolute Gasteiger partial charge is 0.325 e. The van der Waals surface area contributed by atoms with Gasteiger partial charge in [-0.2, -0.15) is 0 Å². The van der Waals surface area contributed by atoms with Gasteiger partial charge in [0.1, 0.15) is 6.54 Å². The second kappa shape index (κ2) is 6.29. The normalized spacial score (nSPS) is 10.2. The van der Waals surface area contributed by atoms with Crippen molar-refractivity contribution in [2.24, 2.45) is 0 Å². The van der Waals surface area contributed by atoms with Gasteiger partial charge in [0.05, 0.1) is 12.8 Å². The van der Waals surface area contributed by atoms with E-state index in [4.69, 9.17) is 16.3 Å². The molecule has 0 unspecified atom stereocenters. The largest absolute Gasteiger partial charge is 0.468 e. The maximum absolute atomic E-state index is 11.5. The van der Waals surface area contributed by atoms with Gasteiger partial charge in [-0.1, -0.05) is 23.7 Å². The van der Waals surface area contributed by atoms with Crippen molar-refractivity contribution in [2.45, 2.75) is 6.54 Å². The Kier molecular flexibility index (Phi) is 4.47. The van der Waals surface area contributed by atoms with Gasteiger partial charge in [0.15, 0.2) is 0 Å². The number of anilines is 1. The number of carbonyl (C=O) groups excluding carboxylic acids is 1. The van der Waals surface area contributed by atoms with Crippen molar-refractivity contribution in [1.82, 2.24) is 4.98 Å². The number of benzene rings is 1. The van der Waals surface area contributed by atoms with E-state index in [1.165, 1.54) is 7.11 Å². The van der Waals surface area contributed by atoms with E-state index in [2.05, 4.69) is 4.98 Å². The fraction of sp³-hybridized carbons (Fsp3) is 0.214. The van der Waals surface area contributed by atoms with Crippen molar-refractivity contribution in [1.29, 1.82) is 0 Å². The van der Waals surface area contributed by atoms with E-state index >= 15 is 0 Å². The van der Waals surface area contributed by atoms with Crippen LogP contribution in [0.5, 0.6) is 0 Å². The van der Waals surface area contributed by atoms with Gasteiger partial charge in [0.2, 0.25) is 0 Å². The predicted octanol–water partition coefficient (Wildman–Crippen LogP) is 2.85. The monoisotopic (exact) mass is 278 g/mol. The first-order valence-electron chi connectivity index (χ1n) is 5.88. The average Bonchev–Trinajstić information content (AvgIpc) is 2.94. The lowest BCUT2D eigenvalue weighted by atomic mass is 10.2. The molecule has 0 amide bonds. The average molecular weight is 279 g/mol. The number of methoxy groups -OCH3 is 1. The van der Waals surface area contributed by atoms with Crippen molar-refractivity contribution in [3.05, 3.63) is 53.3 Å². The molecule has 2 aromatic rings. The zero-order valence-corrected chi connectivity index (χ0v) is 11.4. The lowest BCUT2D eigenvalue weighted by molar-refractivity contribution is -0.138. The van der Waals surface area contributed by atoms with Crippen LogP contribution >= 0.6 is 11.6 Å². The minimum Gasteiger partial charge on any atom is -0.468 e. The Morgan fingerprint density at radius 1 is 1.32 bits per heavy atom. The van der Waals surface area contributed by atoms with Crippen molar-refractivity contribution < 1.29 is 9.53 Å². The molecule has 5 heteroatoms. The maximum atomic E-state index is 11.5. The van der Waals surface area contributed by atoms with Crippen LogP contribution in [0.25, 0.3) is 0 Å². The Labute approximate surface area is 116 Å². The summed E-state index contributed by atoms with van der Waals surface area (Å²) in [7, 11) is 1.39. The number of aromatic nitrogens is 1. The molecule has 1 aromatic carbocycles. The zero-order chi connectivity index (χ0) is 13.7. The molecule has 1 heterocycles. The molecule has 2 rings (SSSR count). The summed E-state index contributed by atoms with van der Waals surface area (Å²) in [5.41, 5.74) is 2.02. The molecule has 0 aliphatic rings. The third-order valence-electron chi connectivity index (χ3n) is 2.78. The van der Waals surface area contributed by atoms with Crippen LogP contribution in [0.1, 0.15) is 5.56 Å². The number of halogens is 1. The van der Waals surface area contributed by atoms with Gasteiger partial charge >= 0.3 is 5.97 Å². The van der Waals surface area contributed by atoms with Gasteiger partial charge in [0.25, 0.3) is 0 Å². The number of carbonyl (C=O) groups is 1. The number of nitrogens with zero attached hydrogens (tertiary/aromatic N) is 1. The standard InChI is InChI=1S/C14H15ClN2O2/c1-19-14(18)10-17(13-6-7-16-8-13)9-11-2-4-12(15)5-3-11/h2-8,16H,9-10H2,1H3. The van der Waals surface area contributed by atoms with Gasteiger partial charge in [-0.05, 0) is 23.8 Å². The van der Waals surface area contributed by atoms with Gasteiger partial charge in [-0.25, -0.2) is 0 Å². The Balaban J connectivity index is 2.13. The van der Waals surface area contributed by atoms with Crippen LogP contribution in [0.3, 0.4) is 0 Å². The van der Waals surface area contributed by atoms with Crippen molar-refractivity contribution in [3.8, 4) is 0 Å². The first-order valence-corrected chi connectivity index (χ1v) is 6.26. The minimum absolute atomic E-state index is 0.205. The van der Waals surface area contributed by atoms with E-state index in [0.29, 0.717) is 11.6 Å². The summed E-state index contributed by atoms with van der Waals surface area (Å²) in [5.74, 6) is -0.268. The van der Waals surface area contributed by atoms with E-state index in [1.807, 2.05) is 47.6 Å². The summed E-state index contributed by atoms with van der Waals surface area (Å²) in [5, 5.41) is 0.699. The minimum atomic E-state index is -0.268. The number of esters is 1. The number of nitrogens with one attached hydrogen (secondary N) is 1. The molecule has 0 bridgehead atoms. The Morgan fingerprint density at radius 2 is 2.05 bits per heavy atom. The van der Waals surface area contributed by atoms with Crippen molar-refractivity contribution in [3.63, 3.8) is 0 Å². The molecule has 4 nitrogen and oxygen atoms in total. The molecule has 0 aliphatic heterocycles. The van der Waals surface area contributed by atoms with Crippen LogP contribution in [0.4, 0.5) is 5.69 Å². The SMILES string of the molecule is COC(=O)CN(Cc1ccc(Cl)cc1)c1cc[nH]c1. The molecule has 0 saturated heterocycles. The number of aromatic amines is 1. The number of hydrogen-bond donors (Lipinski definition) is 1. The van der Waals surface area contributed by atoms with Crippen LogP contribution in [0.15, 0.2) is 42.7 Å². The lowest BCUT2D eigenvalue weighted by Gasteiger charge is -2.22. The highest BCUT2D eigenvalue weighted by Crippen LogP contribution is 2.17. The number of ether oxygens (including phenoxy) is 1. The van der Waals surface area contributed by atoms with E-state index in [-0.39, 0.29) is 12.5 Å². The van der Waals surface area contributed by atoms with E-state index in [0.717, 1.165) is 11.3 Å². The molecule has 1 aromatic heterocycles. The topological polar surface area (TPSA) is 45.3 Å². The van der Waals surface area contributed by atoms with E-state index in [1.54, 1.807) is 0 Å². The Morgan fingerprint density at radius 3 is 2.63 bits per heavy atom. The molecule has 1 N–H and O–H groups in total.